The highest BCUT2D eigenvalue weighted by Gasteiger charge is 2.29. The van der Waals surface area contributed by atoms with Gasteiger partial charge in [-0.1, -0.05) is 6.92 Å². The van der Waals surface area contributed by atoms with Gasteiger partial charge in [-0.25, -0.2) is 0 Å². The lowest BCUT2D eigenvalue weighted by molar-refractivity contribution is -0.123. The van der Waals surface area contributed by atoms with E-state index in [9.17, 15) is 4.79 Å². The van der Waals surface area contributed by atoms with Crippen LogP contribution < -0.4 is 10.6 Å². The molecule has 3 unspecified atom stereocenters. The first-order valence-electron chi connectivity index (χ1n) is 6.45. The summed E-state index contributed by atoms with van der Waals surface area (Å²) in [6.07, 6.45) is 5.73. The van der Waals surface area contributed by atoms with Crippen LogP contribution in [0.15, 0.2) is 0 Å². The minimum absolute atomic E-state index is 0.0814. The lowest BCUT2D eigenvalue weighted by Gasteiger charge is -2.16. The molecule has 1 heterocycles. The number of thioether (sulfide) groups is 1. The quantitative estimate of drug-likeness (QED) is 0.785. The fourth-order valence-electron chi connectivity index (χ4n) is 2.67. The molecular weight excluding hydrogens is 220 g/mol. The number of nitrogens with one attached hydrogen (secondary N) is 2. The molecule has 1 saturated heterocycles. The van der Waals surface area contributed by atoms with Crippen LogP contribution in [0.5, 0.6) is 0 Å². The van der Waals surface area contributed by atoms with Crippen LogP contribution in [-0.4, -0.2) is 35.5 Å². The van der Waals surface area contributed by atoms with Crippen LogP contribution >= 0.6 is 11.8 Å². The Labute approximate surface area is 102 Å². The van der Waals surface area contributed by atoms with Gasteiger partial charge in [0.1, 0.15) is 0 Å². The average Bonchev–Trinajstić information content (AvgIpc) is 2.89. The topological polar surface area (TPSA) is 41.1 Å². The van der Waals surface area contributed by atoms with Crippen LogP contribution in [0.3, 0.4) is 0 Å². The van der Waals surface area contributed by atoms with E-state index < -0.39 is 0 Å². The Morgan fingerprint density at radius 2 is 2.31 bits per heavy atom. The molecular formula is C12H22N2OS. The highest BCUT2D eigenvalue weighted by Crippen LogP contribution is 2.29. The van der Waals surface area contributed by atoms with E-state index in [0.29, 0.717) is 6.04 Å². The second kappa shape index (κ2) is 5.92. The first kappa shape index (κ1) is 12.2. The van der Waals surface area contributed by atoms with Crippen molar-refractivity contribution in [3.05, 3.63) is 0 Å². The van der Waals surface area contributed by atoms with Crippen LogP contribution in [0.25, 0.3) is 0 Å². The van der Waals surface area contributed by atoms with Crippen molar-refractivity contribution < 1.29 is 4.79 Å². The summed E-state index contributed by atoms with van der Waals surface area (Å²) in [5.41, 5.74) is 0. The largest absolute Gasteiger partial charge is 0.352 e. The molecule has 4 heteroatoms. The molecule has 16 heavy (non-hydrogen) atoms. The van der Waals surface area contributed by atoms with Gasteiger partial charge in [-0.3, -0.25) is 4.79 Å². The van der Waals surface area contributed by atoms with E-state index in [1.54, 1.807) is 0 Å². The Morgan fingerprint density at radius 3 is 3.00 bits per heavy atom. The maximum Gasteiger partial charge on any atom is 0.237 e. The summed E-state index contributed by atoms with van der Waals surface area (Å²) in [5.74, 6) is 1.42. The first-order chi connectivity index (χ1) is 7.79. The highest BCUT2D eigenvalue weighted by molar-refractivity contribution is 7.99. The summed E-state index contributed by atoms with van der Waals surface area (Å²) in [4.78, 5) is 11.9. The van der Waals surface area contributed by atoms with Crippen molar-refractivity contribution in [3.63, 3.8) is 0 Å². The molecule has 2 N–H and O–H groups in total. The van der Waals surface area contributed by atoms with Crippen LogP contribution in [0.1, 0.15) is 39.0 Å². The van der Waals surface area contributed by atoms with E-state index in [1.165, 1.54) is 12.2 Å². The third-order valence-electron chi connectivity index (χ3n) is 3.51. The van der Waals surface area contributed by atoms with Crippen molar-refractivity contribution in [2.45, 2.75) is 56.4 Å². The zero-order valence-corrected chi connectivity index (χ0v) is 10.8. The minimum Gasteiger partial charge on any atom is -0.352 e. The Hall–Kier alpha value is -0.220. The van der Waals surface area contributed by atoms with Gasteiger partial charge in [-0.15, -0.1) is 0 Å². The van der Waals surface area contributed by atoms with Gasteiger partial charge in [0, 0.05) is 11.3 Å². The highest BCUT2D eigenvalue weighted by atomic mass is 32.2. The summed E-state index contributed by atoms with van der Waals surface area (Å²) >= 11 is 2.04. The van der Waals surface area contributed by atoms with Crippen molar-refractivity contribution in [2.24, 2.45) is 0 Å². The minimum atomic E-state index is 0.0814. The third-order valence-corrected chi connectivity index (χ3v) is 4.74. The molecule has 92 valence electrons. The van der Waals surface area contributed by atoms with Crippen molar-refractivity contribution in [1.82, 2.24) is 10.6 Å². The van der Waals surface area contributed by atoms with Gasteiger partial charge < -0.3 is 10.6 Å². The second-order valence-electron chi connectivity index (χ2n) is 4.74. The summed E-state index contributed by atoms with van der Waals surface area (Å²) in [6, 6.07) is 0.511. The second-order valence-corrected chi connectivity index (χ2v) is 6.32. The molecule has 1 aliphatic carbocycles. The van der Waals surface area contributed by atoms with E-state index in [2.05, 4.69) is 17.6 Å². The standard InChI is InChI=1S/C12H22N2OS/c1-2-16-10-6-5-9(8-10)14-12(15)11-4-3-7-13-11/h9-11,13H,2-8H2,1H3,(H,14,15). The monoisotopic (exact) mass is 242 g/mol. The number of carbonyl (C=O) groups is 1. The zero-order valence-electron chi connectivity index (χ0n) is 10.00. The first-order valence-corrected chi connectivity index (χ1v) is 7.50. The summed E-state index contributed by atoms with van der Waals surface area (Å²) in [5, 5.41) is 7.21. The van der Waals surface area contributed by atoms with Gasteiger partial charge in [0.2, 0.25) is 5.91 Å². The SMILES string of the molecule is CCSC1CCC(NC(=O)C2CCCN2)C1. The van der Waals surface area contributed by atoms with E-state index in [-0.39, 0.29) is 11.9 Å². The Kier molecular flexibility index (Phi) is 4.53. The number of hydrogen-bond donors (Lipinski definition) is 2. The zero-order chi connectivity index (χ0) is 11.4. The van der Waals surface area contributed by atoms with Gasteiger partial charge in [-0.2, -0.15) is 11.8 Å². The Balaban J connectivity index is 1.71. The molecule has 0 radical (unpaired) electrons. The van der Waals surface area contributed by atoms with E-state index in [1.807, 2.05) is 11.8 Å². The summed E-state index contributed by atoms with van der Waals surface area (Å²) in [7, 11) is 0. The third kappa shape index (κ3) is 3.14. The Bertz CT molecular complexity index is 241. The maximum atomic E-state index is 11.9. The Morgan fingerprint density at radius 1 is 1.44 bits per heavy atom. The predicted octanol–water partition coefficient (Wildman–Crippen LogP) is 1.53. The van der Waals surface area contributed by atoms with Crippen molar-refractivity contribution in [1.29, 1.82) is 0 Å². The smallest absolute Gasteiger partial charge is 0.237 e. The number of amides is 1. The molecule has 2 rings (SSSR count). The van der Waals surface area contributed by atoms with Crippen molar-refractivity contribution in [3.8, 4) is 0 Å². The molecule has 0 bridgehead atoms. The van der Waals surface area contributed by atoms with Gasteiger partial charge in [0.05, 0.1) is 6.04 Å². The molecule has 0 aromatic carbocycles. The maximum absolute atomic E-state index is 11.9. The lowest BCUT2D eigenvalue weighted by Crippen LogP contribution is -2.44. The summed E-state index contributed by atoms with van der Waals surface area (Å²) in [6.45, 7) is 3.20. The number of carbonyl (C=O) groups excluding carboxylic acids is 1. The van der Waals surface area contributed by atoms with Crippen molar-refractivity contribution >= 4 is 17.7 Å². The normalized spacial score (nSPS) is 34.2. The fourth-order valence-corrected chi connectivity index (χ4v) is 3.81. The van der Waals surface area contributed by atoms with E-state index >= 15 is 0 Å². The molecule has 3 atom stereocenters. The van der Waals surface area contributed by atoms with Gasteiger partial charge >= 0.3 is 0 Å². The number of hydrogen-bond acceptors (Lipinski definition) is 3. The molecule has 1 saturated carbocycles. The molecule has 0 aromatic rings. The average molecular weight is 242 g/mol. The molecule has 2 aliphatic rings. The molecule has 1 aliphatic heterocycles. The van der Waals surface area contributed by atoms with Crippen LogP contribution in [0, 0.1) is 0 Å². The van der Waals surface area contributed by atoms with Crippen LogP contribution in [0.2, 0.25) is 0 Å². The van der Waals surface area contributed by atoms with E-state index in [0.717, 1.165) is 37.5 Å². The molecule has 2 fully saturated rings. The van der Waals surface area contributed by atoms with Gasteiger partial charge in [-0.05, 0) is 44.4 Å². The fraction of sp³-hybridized carbons (Fsp3) is 0.917. The lowest BCUT2D eigenvalue weighted by atomic mass is 10.2. The number of rotatable bonds is 4. The molecule has 0 spiro atoms. The van der Waals surface area contributed by atoms with Crippen molar-refractivity contribution in [2.75, 3.05) is 12.3 Å². The molecule has 0 aromatic heterocycles. The molecule has 3 nitrogen and oxygen atoms in total. The van der Waals surface area contributed by atoms with Crippen LogP contribution in [-0.2, 0) is 4.79 Å². The van der Waals surface area contributed by atoms with Gasteiger partial charge in [0.15, 0.2) is 0 Å². The van der Waals surface area contributed by atoms with E-state index in [4.69, 9.17) is 0 Å². The predicted molar refractivity (Wildman–Crippen MR) is 68.7 cm³/mol. The van der Waals surface area contributed by atoms with Gasteiger partial charge in [0.25, 0.3) is 0 Å². The van der Waals surface area contributed by atoms with Crippen LogP contribution in [0.4, 0.5) is 0 Å². The summed E-state index contributed by atoms with van der Waals surface area (Å²) < 4.78 is 0. The molecule has 1 amide bonds.